The zero-order chi connectivity index (χ0) is 15.0. The fraction of sp³-hybridized carbons (Fsp3) is 0.562. The second-order valence-electron chi connectivity index (χ2n) is 6.02. The van der Waals surface area contributed by atoms with Gasteiger partial charge < -0.3 is 15.3 Å². The number of halogens is 1. The molecule has 1 aromatic carbocycles. The van der Waals surface area contributed by atoms with Crippen molar-refractivity contribution in [2.75, 3.05) is 6.54 Å². The summed E-state index contributed by atoms with van der Waals surface area (Å²) in [5.41, 5.74) is 0.426. The number of nitrogens with zero attached hydrogens (tertiary/aromatic N) is 1. The summed E-state index contributed by atoms with van der Waals surface area (Å²) in [4.78, 5) is 14.8. The molecule has 2 heterocycles. The molecule has 5 heteroatoms. The van der Waals surface area contributed by atoms with E-state index in [1.54, 1.807) is 12.1 Å². The third-order valence-corrected chi connectivity index (χ3v) is 5.35. The normalized spacial score (nSPS) is 27.6. The van der Waals surface area contributed by atoms with Gasteiger partial charge in [0.25, 0.3) is 5.91 Å². The third-order valence-electron chi connectivity index (χ3n) is 4.68. The van der Waals surface area contributed by atoms with Crippen LogP contribution < -0.4 is 5.32 Å². The molecule has 21 heavy (non-hydrogen) atoms. The van der Waals surface area contributed by atoms with Crippen LogP contribution in [0, 0.1) is 3.57 Å². The minimum atomic E-state index is -0.0418. The largest absolute Gasteiger partial charge is 0.507 e. The Morgan fingerprint density at radius 3 is 2.67 bits per heavy atom. The number of carbonyl (C=O) groups excluding carboxylic acids is 1. The molecule has 0 aromatic heterocycles. The second kappa shape index (κ2) is 6.12. The number of rotatable bonds is 3. The topological polar surface area (TPSA) is 52.6 Å². The van der Waals surface area contributed by atoms with E-state index in [1.807, 2.05) is 17.9 Å². The summed E-state index contributed by atoms with van der Waals surface area (Å²) in [6.45, 7) is 2.71. The van der Waals surface area contributed by atoms with Gasteiger partial charge in [0.2, 0.25) is 0 Å². The first-order valence-electron chi connectivity index (χ1n) is 7.64. The molecule has 1 amide bonds. The van der Waals surface area contributed by atoms with Crippen molar-refractivity contribution in [2.24, 2.45) is 0 Å². The maximum Gasteiger partial charge on any atom is 0.257 e. The summed E-state index contributed by atoms with van der Waals surface area (Å²) in [7, 11) is 0. The lowest BCUT2D eigenvalue weighted by molar-refractivity contribution is 0.0628. The van der Waals surface area contributed by atoms with Crippen LogP contribution in [-0.4, -0.2) is 40.6 Å². The second-order valence-corrected chi connectivity index (χ2v) is 7.26. The molecule has 2 saturated heterocycles. The molecule has 2 atom stereocenters. The highest BCUT2D eigenvalue weighted by Gasteiger charge is 2.37. The number of hydrogen-bond donors (Lipinski definition) is 2. The molecular weight excluding hydrogens is 379 g/mol. The van der Waals surface area contributed by atoms with Gasteiger partial charge in [-0.2, -0.15) is 0 Å². The lowest BCUT2D eigenvalue weighted by Crippen LogP contribution is -2.50. The quantitative estimate of drug-likeness (QED) is 0.768. The Balaban J connectivity index is 1.82. The predicted molar refractivity (Wildman–Crippen MR) is 90.5 cm³/mol. The molecule has 4 nitrogen and oxygen atoms in total. The van der Waals surface area contributed by atoms with Crippen LogP contribution in [0.3, 0.4) is 0 Å². The van der Waals surface area contributed by atoms with Gasteiger partial charge in [0.1, 0.15) is 5.75 Å². The Morgan fingerprint density at radius 1 is 1.38 bits per heavy atom. The SMILES string of the molecule is CCN(C(=O)c1cc(I)ccc1O)C1CC2CCC(C1)N2. The number of hydrogen-bond acceptors (Lipinski definition) is 3. The summed E-state index contributed by atoms with van der Waals surface area (Å²) < 4.78 is 0.968. The van der Waals surface area contributed by atoms with Gasteiger partial charge in [-0.1, -0.05) is 0 Å². The van der Waals surface area contributed by atoms with Gasteiger partial charge in [-0.25, -0.2) is 0 Å². The molecule has 2 bridgehead atoms. The van der Waals surface area contributed by atoms with Crippen LogP contribution in [0.15, 0.2) is 18.2 Å². The first-order chi connectivity index (χ1) is 10.1. The van der Waals surface area contributed by atoms with Gasteiger partial charge in [-0.15, -0.1) is 0 Å². The van der Waals surface area contributed by atoms with Crippen molar-refractivity contribution < 1.29 is 9.90 Å². The first-order valence-corrected chi connectivity index (χ1v) is 8.72. The van der Waals surface area contributed by atoms with Gasteiger partial charge >= 0.3 is 0 Å². The maximum absolute atomic E-state index is 12.8. The standard InChI is InChI=1S/C16H21IN2O2/c1-2-19(13-8-11-4-5-12(9-13)18-11)16(21)14-7-10(17)3-6-15(14)20/h3,6-7,11-13,18,20H,2,4-5,8-9H2,1H3. The highest BCUT2D eigenvalue weighted by Crippen LogP contribution is 2.31. The Hall–Kier alpha value is -0.820. The number of nitrogens with one attached hydrogen (secondary N) is 1. The number of carbonyl (C=O) groups is 1. The van der Waals surface area contributed by atoms with E-state index in [0.717, 1.165) is 16.4 Å². The highest BCUT2D eigenvalue weighted by molar-refractivity contribution is 14.1. The number of phenolic OH excluding ortho intramolecular Hbond substituents is 1. The average molecular weight is 400 g/mol. The van der Waals surface area contributed by atoms with Crippen LogP contribution in [0.4, 0.5) is 0 Å². The summed E-state index contributed by atoms with van der Waals surface area (Å²) in [6.07, 6.45) is 4.50. The van der Waals surface area contributed by atoms with Crippen molar-refractivity contribution in [3.05, 3.63) is 27.3 Å². The van der Waals surface area contributed by atoms with E-state index in [1.165, 1.54) is 12.8 Å². The number of piperidine rings is 1. The summed E-state index contributed by atoms with van der Waals surface area (Å²) in [5, 5.41) is 13.6. The number of benzene rings is 1. The molecule has 0 saturated carbocycles. The van der Waals surface area contributed by atoms with Crippen molar-refractivity contribution >= 4 is 28.5 Å². The Bertz CT molecular complexity index is 537. The Labute approximate surface area is 139 Å². The fourth-order valence-electron chi connectivity index (χ4n) is 3.68. The Morgan fingerprint density at radius 2 is 2.05 bits per heavy atom. The van der Waals surface area contributed by atoms with E-state index in [9.17, 15) is 9.90 Å². The van der Waals surface area contributed by atoms with Crippen molar-refractivity contribution in [3.63, 3.8) is 0 Å². The maximum atomic E-state index is 12.8. The van der Waals surface area contributed by atoms with Crippen molar-refractivity contribution in [1.82, 2.24) is 10.2 Å². The number of fused-ring (bicyclic) bond motifs is 2. The van der Waals surface area contributed by atoms with Gasteiger partial charge in [0.15, 0.2) is 0 Å². The highest BCUT2D eigenvalue weighted by atomic mass is 127. The summed E-state index contributed by atoms with van der Waals surface area (Å²) in [6, 6.07) is 6.60. The van der Waals surface area contributed by atoms with E-state index in [-0.39, 0.29) is 11.7 Å². The van der Waals surface area contributed by atoms with E-state index in [4.69, 9.17) is 0 Å². The molecule has 2 unspecified atom stereocenters. The number of amides is 1. The first kappa shape index (κ1) is 15.1. The zero-order valence-electron chi connectivity index (χ0n) is 12.2. The molecule has 2 aliphatic rings. The van der Waals surface area contributed by atoms with E-state index >= 15 is 0 Å². The molecule has 1 aromatic rings. The molecule has 2 fully saturated rings. The van der Waals surface area contributed by atoms with E-state index in [0.29, 0.717) is 30.2 Å². The fourth-order valence-corrected chi connectivity index (χ4v) is 4.17. The van der Waals surface area contributed by atoms with Crippen molar-refractivity contribution in [1.29, 1.82) is 0 Å². The molecule has 3 rings (SSSR count). The van der Waals surface area contributed by atoms with Crippen molar-refractivity contribution in [2.45, 2.75) is 50.7 Å². The monoisotopic (exact) mass is 400 g/mol. The smallest absolute Gasteiger partial charge is 0.257 e. The van der Waals surface area contributed by atoms with Gasteiger partial charge in [-0.05, 0) is 73.4 Å². The molecule has 114 valence electrons. The van der Waals surface area contributed by atoms with Crippen LogP contribution >= 0.6 is 22.6 Å². The van der Waals surface area contributed by atoms with Crippen LogP contribution in [0.2, 0.25) is 0 Å². The van der Waals surface area contributed by atoms with Crippen LogP contribution in [0.1, 0.15) is 43.0 Å². The number of aromatic hydroxyl groups is 1. The zero-order valence-corrected chi connectivity index (χ0v) is 14.3. The summed E-state index contributed by atoms with van der Waals surface area (Å²) in [5.74, 6) is 0.0376. The predicted octanol–water partition coefficient (Wildman–Crippen LogP) is 2.74. The molecular formula is C16H21IN2O2. The van der Waals surface area contributed by atoms with E-state index < -0.39 is 0 Å². The molecule has 2 aliphatic heterocycles. The number of phenols is 1. The lowest BCUT2D eigenvalue weighted by atomic mass is 9.97. The van der Waals surface area contributed by atoms with Crippen molar-refractivity contribution in [3.8, 4) is 5.75 Å². The lowest BCUT2D eigenvalue weighted by Gasteiger charge is -2.37. The van der Waals surface area contributed by atoms with Crippen LogP contribution in [0.5, 0.6) is 5.75 Å². The molecule has 2 N–H and O–H groups in total. The molecule has 0 radical (unpaired) electrons. The minimum Gasteiger partial charge on any atom is -0.507 e. The van der Waals surface area contributed by atoms with E-state index in [2.05, 4.69) is 27.9 Å². The van der Waals surface area contributed by atoms with Crippen LogP contribution in [0.25, 0.3) is 0 Å². The van der Waals surface area contributed by atoms with Gasteiger partial charge in [0, 0.05) is 28.2 Å². The van der Waals surface area contributed by atoms with Crippen LogP contribution in [-0.2, 0) is 0 Å². The average Bonchev–Trinajstić information content (AvgIpc) is 2.81. The minimum absolute atomic E-state index is 0.0418. The van der Waals surface area contributed by atoms with Gasteiger partial charge in [0.05, 0.1) is 5.56 Å². The molecule has 0 spiro atoms. The third kappa shape index (κ3) is 3.04. The summed E-state index contributed by atoms with van der Waals surface area (Å²) >= 11 is 2.17. The Kier molecular flexibility index (Phi) is 4.40. The molecule has 0 aliphatic carbocycles. The van der Waals surface area contributed by atoms with Gasteiger partial charge in [-0.3, -0.25) is 4.79 Å².